The highest BCUT2D eigenvalue weighted by Crippen LogP contribution is 2.12. The summed E-state index contributed by atoms with van der Waals surface area (Å²) in [5, 5.41) is 12.9. The summed E-state index contributed by atoms with van der Waals surface area (Å²) in [4.78, 5) is 4.12. The number of rotatable bonds is 4. The van der Waals surface area contributed by atoms with Crippen molar-refractivity contribution in [2.24, 2.45) is 0 Å². The van der Waals surface area contributed by atoms with Gasteiger partial charge in [0, 0.05) is 23.3 Å². The van der Waals surface area contributed by atoms with Crippen LogP contribution in [0.5, 0.6) is 0 Å². The fourth-order valence-electron chi connectivity index (χ4n) is 1.04. The van der Waals surface area contributed by atoms with E-state index in [4.69, 9.17) is 0 Å². The summed E-state index contributed by atoms with van der Waals surface area (Å²) in [6, 6.07) is 4.07. The van der Waals surface area contributed by atoms with Crippen molar-refractivity contribution >= 4 is 15.9 Å². The van der Waals surface area contributed by atoms with E-state index in [1.807, 2.05) is 26.0 Å². The molecule has 0 aliphatic heterocycles. The van der Waals surface area contributed by atoms with E-state index in [0.29, 0.717) is 18.3 Å². The van der Waals surface area contributed by atoms with Gasteiger partial charge in [-0.05, 0) is 28.1 Å². The first-order valence-electron chi connectivity index (χ1n) is 4.62. The third-order valence-corrected chi connectivity index (χ3v) is 2.28. The van der Waals surface area contributed by atoms with Gasteiger partial charge in [0.15, 0.2) is 0 Å². The number of halogens is 1. The van der Waals surface area contributed by atoms with Gasteiger partial charge in [-0.15, -0.1) is 0 Å². The first-order valence-corrected chi connectivity index (χ1v) is 5.42. The summed E-state index contributed by atoms with van der Waals surface area (Å²) in [6.45, 7) is 4.62. The van der Waals surface area contributed by atoms with Gasteiger partial charge in [0.1, 0.15) is 6.10 Å². The zero-order valence-electron chi connectivity index (χ0n) is 8.37. The molecule has 2 N–H and O–H groups in total. The minimum absolute atomic E-state index is 0.375. The highest BCUT2D eigenvalue weighted by Gasteiger charge is 2.08. The molecule has 0 fully saturated rings. The molecule has 0 aliphatic carbocycles. The summed E-state index contributed by atoms with van der Waals surface area (Å²) in [7, 11) is 0. The Morgan fingerprint density at radius 2 is 2.21 bits per heavy atom. The SMILES string of the molecule is CC(C)NC[C@@H](O)c1ccc(Br)cn1. The molecule has 0 aromatic carbocycles. The van der Waals surface area contributed by atoms with E-state index < -0.39 is 6.10 Å². The molecule has 0 amide bonds. The molecule has 0 aliphatic rings. The van der Waals surface area contributed by atoms with Gasteiger partial charge >= 0.3 is 0 Å². The molecule has 1 aromatic heterocycles. The lowest BCUT2D eigenvalue weighted by atomic mass is 10.2. The number of aliphatic hydroxyl groups is 1. The average Bonchev–Trinajstić information content (AvgIpc) is 2.15. The fraction of sp³-hybridized carbons (Fsp3) is 0.500. The van der Waals surface area contributed by atoms with Crippen molar-refractivity contribution in [1.29, 1.82) is 0 Å². The van der Waals surface area contributed by atoms with E-state index in [1.54, 1.807) is 6.20 Å². The second-order valence-corrected chi connectivity index (χ2v) is 4.40. The van der Waals surface area contributed by atoms with Crippen molar-refractivity contribution in [3.63, 3.8) is 0 Å². The van der Waals surface area contributed by atoms with Crippen LogP contribution in [0.4, 0.5) is 0 Å². The first-order chi connectivity index (χ1) is 6.59. The minimum Gasteiger partial charge on any atom is -0.385 e. The Labute approximate surface area is 92.7 Å². The van der Waals surface area contributed by atoms with Gasteiger partial charge in [-0.25, -0.2) is 0 Å². The van der Waals surface area contributed by atoms with Crippen molar-refractivity contribution in [3.05, 3.63) is 28.5 Å². The quantitative estimate of drug-likeness (QED) is 0.867. The number of nitrogens with one attached hydrogen (secondary N) is 1. The van der Waals surface area contributed by atoms with Gasteiger partial charge in [-0.1, -0.05) is 13.8 Å². The van der Waals surface area contributed by atoms with Crippen LogP contribution in [0.3, 0.4) is 0 Å². The van der Waals surface area contributed by atoms with Crippen molar-refractivity contribution in [1.82, 2.24) is 10.3 Å². The van der Waals surface area contributed by atoms with Gasteiger partial charge in [0.25, 0.3) is 0 Å². The van der Waals surface area contributed by atoms with Crippen molar-refractivity contribution in [3.8, 4) is 0 Å². The van der Waals surface area contributed by atoms with E-state index in [1.165, 1.54) is 0 Å². The third-order valence-electron chi connectivity index (χ3n) is 1.81. The lowest BCUT2D eigenvalue weighted by Crippen LogP contribution is -2.28. The molecule has 78 valence electrons. The monoisotopic (exact) mass is 258 g/mol. The summed E-state index contributed by atoms with van der Waals surface area (Å²) < 4.78 is 0.922. The van der Waals surface area contributed by atoms with E-state index in [-0.39, 0.29) is 0 Å². The molecule has 0 radical (unpaired) electrons. The Bertz CT molecular complexity index is 274. The van der Waals surface area contributed by atoms with Gasteiger partial charge in [-0.2, -0.15) is 0 Å². The summed E-state index contributed by atoms with van der Waals surface area (Å²) >= 11 is 3.30. The maximum absolute atomic E-state index is 9.72. The van der Waals surface area contributed by atoms with Gasteiger partial charge in [0.2, 0.25) is 0 Å². The number of aromatic nitrogens is 1. The van der Waals surface area contributed by atoms with E-state index in [2.05, 4.69) is 26.2 Å². The van der Waals surface area contributed by atoms with Crippen LogP contribution in [-0.4, -0.2) is 22.7 Å². The number of aliphatic hydroxyl groups excluding tert-OH is 1. The average molecular weight is 259 g/mol. The van der Waals surface area contributed by atoms with Crippen LogP contribution >= 0.6 is 15.9 Å². The summed E-state index contributed by atoms with van der Waals surface area (Å²) in [5.41, 5.74) is 0.696. The molecular weight excluding hydrogens is 244 g/mol. The first kappa shape index (κ1) is 11.6. The van der Waals surface area contributed by atoms with Crippen LogP contribution in [-0.2, 0) is 0 Å². The molecular formula is C10H15BrN2O. The Hall–Kier alpha value is -0.450. The number of nitrogens with zero attached hydrogens (tertiary/aromatic N) is 1. The van der Waals surface area contributed by atoms with Gasteiger partial charge < -0.3 is 10.4 Å². The Balaban J connectivity index is 2.52. The van der Waals surface area contributed by atoms with E-state index >= 15 is 0 Å². The lowest BCUT2D eigenvalue weighted by molar-refractivity contribution is 0.167. The molecule has 14 heavy (non-hydrogen) atoms. The van der Waals surface area contributed by atoms with Crippen molar-refractivity contribution < 1.29 is 5.11 Å². The molecule has 4 heteroatoms. The maximum atomic E-state index is 9.72. The smallest absolute Gasteiger partial charge is 0.108 e. The lowest BCUT2D eigenvalue weighted by Gasteiger charge is -2.13. The summed E-state index contributed by atoms with van der Waals surface area (Å²) in [6.07, 6.45) is 1.15. The van der Waals surface area contributed by atoms with Crippen LogP contribution in [0.15, 0.2) is 22.8 Å². The van der Waals surface area contributed by atoms with Crippen LogP contribution < -0.4 is 5.32 Å². The minimum atomic E-state index is -0.537. The standard InChI is InChI=1S/C10H15BrN2O/c1-7(2)12-6-10(14)9-4-3-8(11)5-13-9/h3-5,7,10,12,14H,6H2,1-2H3/t10-/m1/s1. The second kappa shape index (κ2) is 5.44. The normalized spacial score (nSPS) is 13.2. The van der Waals surface area contributed by atoms with Crippen molar-refractivity contribution in [2.75, 3.05) is 6.54 Å². The fourth-order valence-corrected chi connectivity index (χ4v) is 1.27. The van der Waals surface area contributed by atoms with E-state index in [9.17, 15) is 5.11 Å². The second-order valence-electron chi connectivity index (χ2n) is 3.48. The molecule has 3 nitrogen and oxygen atoms in total. The maximum Gasteiger partial charge on any atom is 0.108 e. The van der Waals surface area contributed by atoms with Gasteiger partial charge in [0.05, 0.1) is 5.69 Å². The molecule has 0 saturated heterocycles. The molecule has 0 spiro atoms. The largest absolute Gasteiger partial charge is 0.385 e. The molecule has 1 aromatic rings. The summed E-state index contributed by atoms with van der Waals surface area (Å²) in [5.74, 6) is 0. The zero-order chi connectivity index (χ0) is 10.6. The van der Waals surface area contributed by atoms with Crippen LogP contribution in [0.2, 0.25) is 0 Å². The predicted octanol–water partition coefficient (Wildman–Crippen LogP) is 1.88. The van der Waals surface area contributed by atoms with Crippen molar-refractivity contribution in [2.45, 2.75) is 26.0 Å². The highest BCUT2D eigenvalue weighted by atomic mass is 79.9. The zero-order valence-corrected chi connectivity index (χ0v) is 9.95. The molecule has 1 heterocycles. The molecule has 0 unspecified atom stereocenters. The number of hydrogen-bond acceptors (Lipinski definition) is 3. The topological polar surface area (TPSA) is 45.1 Å². The van der Waals surface area contributed by atoms with Crippen LogP contribution in [0.25, 0.3) is 0 Å². The van der Waals surface area contributed by atoms with Crippen LogP contribution in [0.1, 0.15) is 25.6 Å². The number of pyridine rings is 1. The Morgan fingerprint density at radius 3 is 2.71 bits per heavy atom. The Kier molecular flexibility index (Phi) is 4.51. The predicted molar refractivity (Wildman–Crippen MR) is 60.0 cm³/mol. The van der Waals surface area contributed by atoms with E-state index in [0.717, 1.165) is 4.47 Å². The van der Waals surface area contributed by atoms with Gasteiger partial charge in [-0.3, -0.25) is 4.98 Å². The molecule has 1 atom stereocenters. The molecule has 0 saturated carbocycles. The highest BCUT2D eigenvalue weighted by molar-refractivity contribution is 9.10. The molecule has 1 rings (SSSR count). The molecule has 0 bridgehead atoms. The third kappa shape index (κ3) is 3.74. The van der Waals surface area contributed by atoms with Crippen LogP contribution in [0, 0.1) is 0 Å². The number of hydrogen-bond donors (Lipinski definition) is 2. The Morgan fingerprint density at radius 1 is 1.50 bits per heavy atom.